The monoisotopic (exact) mass is 269 g/mol. The van der Waals surface area contributed by atoms with E-state index in [1.807, 2.05) is 6.33 Å². The number of nitrogens with one attached hydrogen (secondary N) is 1. The van der Waals surface area contributed by atoms with Crippen molar-refractivity contribution in [2.45, 2.75) is 26.4 Å². The van der Waals surface area contributed by atoms with E-state index in [-0.39, 0.29) is 0 Å². The Morgan fingerprint density at radius 2 is 1.79 bits per heavy atom. The number of likely N-dealkylation sites (N-methyl/N-ethyl adjacent to an activating group) is 2. The highest BCUT2D eigenvalue weighted by Crippen LogP contribution is 2.18. The summed E-state index contributed by atoms with van der Waals surface area (Å²) < 4.78 is 6.67. The number of piperazine rings is 1. The first-order valence-electron chi connectivity index (χ1n) is 7.44. The lowest BCUT2D eigenvalue weighted by molar-refractivity contribution is -1.03. The first-order valence-corrected chi connectivity index (χ1v) is 7.44. The van der Waals surface area contributed by atoms with Gasteiger partial charge in [-0.15, -0.1) is 9.67 Å². The molecule has 0 atom stereocenters. The Bertz CT molecular complexity index is 415. The van der Waals surface area contributed by atoms with E-state index < -0.39 is 0 Å². The molecule has 1 aromatic rings. The summed E-state index contributed by atoms with van der Waals surface area (Å²) >= 11 is 0. The summed E-state index contributed by atoms with van der Waals surface area (Å²) in [5, 5.41) is 3.26. The van der Waals surface area contributed by atoms with Crippen LogP contribution in [0.1, 0.15) is 13.8 Å². The third-order valence-electron chi connectivity index (χ3n) is 5.18. The lowest BCUT2D eigenvalue weighted by Gasteiger charge is -2.47. The molecular formula is C14H31N5+4. The summed E-state index contributed by atoms with van der Waals surface area (Å²) in [5.74, 6) is 0. The van der Waals surface area contributed by atoms with Gasteiger partial charge in [-0.2, -0.15) is 0 Å². The third kappa shape index (κ3) is 3.34. The van der Waals surface area contributed by atoms with Crippen molar-refractivity contribution < 1.29 is 18.2 Å². The van der Waals surface area contributed by atoms with Gasteiger partial charge in [-0.1, -0.05) is 0 Å². The predicted molar refractivity (Wildman–Crippen MR) is 74.0 cm³/mol. The normalized spacial score (nSPS) is 31.9. The molecule has 1 N–H and O–H groups in total. The zero-order chi connectivity index (χ0) is 14.1. The largest absolute Gasteiger partial charge is 0.431 e. The molecule has 2 heterocycles. The molecule has 1 aromatic heterocycles. The van der Waals surface area contributed by atoms with E-state index in [4.69, 9.17) is 0 Å². The summed E-state index contributed by atoms with van der Waals surface area (Å²) in [6, 6.07) is 0.741. The number of hydrogen-bond donors (Lipinski definition) is 1. The van der Waals surface area contributed by atoms with E-state index in [1.54, 1.807) is 0 Å². The van der Waals surface area contributed by atoms with Crippen LogP contribution in [-0.2, 0) is 13.6 Å². The topological polar surface area (TPSA) is 23.5 Å². The lowest BCUT2D eigenvalue weighted by Crippen LogP contribution is -2.67. The summed E-state index contributed by atoms with van der Waals surface area (Å²) in [4.78, 5) is 0. The number of nitrogens with zero attached hydrogens (tertiary/aromatic N) is 4. The Morgan fingerprint density at radius 3 is 2.26 bits per heavy atom. The number of quaternary nitrogens is 2. The highest BCUT2D eigenvalue weighted by Gasteiger charge is 2.39. The Kier molecular flexibility index (Phi) is 3.97. The van der Waals surface area contributed by atoms with Crippen molar-refractivity contribution in [2.24, 2.45) is 7.05 Å². The van der Waals surface area contributed by atoms with E-state index in [0.29, 0.717) is 0 Å². The van der Waals surface area contributed by atoms with Crippen LogP contribution in [0, 0.1) is 0 Å². The van der Waals surface area contributed by atoms with Crippen LogP contribution in [0.5, 0.6) is 0 Å². The van der Waals surface area contributed by atoms with Crippen LogP contribution in [-0.4, -0.2) is 66.9 Å². The minimum Gasteiger partial charge on any atom is -0.315 e. The van der Waals surface area contributed by atoms with Gasteiger partial charge in [-0.25, -0.2) is 0 Å². The molecule has 5 nitrogen and oxygen atoms in total. The van der Waals surface area contributed by atoms with Crippen LogP contribution in [0.4, 0.5) is 0 Å². The molecule has 1 aliphatic rings. The number of aromatic nitrogens is 3. The van der Waals surface area contributed by atoms with Crippen LogP contribution in [0.15, 0.2) is 12.7 Å². The number of hydrogen-bond acceptors (Lipinski definition) is 0. The molecule has 1 saturated heterocycles. The minimum absolute atomic E-state index is 0.741. The fourth-order valence-electron chi connectivity index (χ4n) is 2.83. The van der Waals surface area contributed by atoms with Gasteiger partial charge in [0.2, 0.25) is 6.54 Å². The molecule has 0 aromatic carbocycles. The van der Waals surface area contributed by atoms with Gasteiger partial charge >= 0.3 is 6.33 Å². The second-order valence-corrected chi connectivity index (χ2v) is 7.04. The molecule has 0 amide bonds. The third-order valence-corrected chi connectivity index (χ3v) is 5.18. The Hall–Kier alpha value is -0.940. The maximum atomic E-state index is 3.26. The maximum absolute atomic E-state index is 3.26. The highest BCUT2D eigenvalue weighted by molar-refractivity contribution is 4.53. The van der Waals surface area contributed by atoms with Crippen molar-refractivity contribution in [3.8, 4) is 0 Å². The zero-order valence-electron chi connectivity index (χ0n) is 13.3. The molecule has 0 aliphatic carbocycles. The van der Waals surface area contributed by atoms with Gasteiger partial charge in [0.25, 0.3) is 6.33 Å². The van der Waals surface area contributed by atoms with Gasteiger partial charge in [0.15, 0.2) is 0 Å². The molecule has 1 aliphatic heterocycles. The maximum Gasteiger partial charge on any atom is 0.431 e. The van der Waals surface area contributed by atoms with E-state index >= 15 is 0 Å². The fourth-order valence-corrected chi connectivity index (χ4v) is 2.83. The molecule has 0 spiro atoms. The molecule has 2 rings (SSSR count). The molecule has 0 saturated carbocycles. The van der Waals surface area contributed by atoms with Crippen molar-refractivity contribution in [3.05, 3.63) is 12.7 Å². The number of aryl methyl sites for hydroxylation is 1. The van der Waals surface area contributed by atoms with Gasteiger partial charge in [-0.05, 0) is 18.5 Å². The SMILES string of the molecule is CC(C)[N+]1(C)CC[N+](C)(CC[n+]2c[n+](C)c[nH]2)CC1. The van der Waals surface area contributed by atoms with Crippen LogP contribution >= 0.6 is 0 Å². The number of aromatic amines is 1. The Morgan fingerprint density at radius 1 is 1.16 bits per heavy atom. The molecule has 0 radical (unpaired) electrons. The smallest absolute Gasteiger partial charge is 0.315 e. The fraction of sp³-hybridized carbons (Fsp3) is 0.857. The Labute approximate surface area is 117 Å². The quantitative estimate of drug-likeness (QED) is 0.560. The van der Waals surface area contributed by atoms with Gasteiger partial charge < -0.3 is 8.97 Å². The van der Waals surface area contributed by atoms with Crippen molar-refractivity contribution >= 4 is 0 Å². The van der Waals surface area contributed by atoms with E-state index in [1.165, 1.54) is 41.7 Å². The summed E-state index contributed by atoms with van der Waals surface area (Å²) in [6.07, 6.45) is 4.10. The molecule has 0 bridgehead atoms. The Balaban J connectivity index is 1.88. The van der Waals surface area contributed by atoms with Gasteiger partial charge in [0.1, 0.15) is 39.8 Å². The molecule has 0 unspecified atom stereocenters. The second kappa shape index (κ2) is 5.21. The first kappa shape index (κ1) is 14.5. The van der Waals surface area contributed by atoms with Crippen molar-refractivity contribution in [1.82, 2.24) is 5.10 Å². The zero-order valence-corrected chi connectivity index (χ0v) is 13.3. The van der Waals surface area contributed by atoms with Crippen molar-refractivity contribution in [1.29, 1.82) is 0 Å². The summed E-state index contributed by atoms with van der Waals surface area (Å²) in [5.41, 5.74) is 0. The van der Waals surface area contributed by atoms with Gasteiger partial charge in [0.05, 0.1) is 20.1 Å². The van der Waals surface area contributed by atoms with Crippen LogP contribution in [0.3, 0.4) is 0 Å². The van der Waals surface area contributed by atoms with Crippen LogP contribution in [0.25, 0.3) is 0 Å². The molecule has 19 heavy (non-hydrogen) atoms. The first-order chi connectivity index (χ1) is 8.83. The van der Waals surface area contributed by atoms with E-state index in [9.17, 15) is 0 Å². The number of rotatable bonds is 4. The molecular weight excluding hydrogens is 238 g/mol. The summed E-state index contributed by atoms with van der Waals surface area (Å²) in [7, 11) is 6.87. The highest BCUT2D eigenvalue weighted by atomic mass is 15.5. The van der Waals surface area contributed by atoms with Gasteiger partial charge in [-0.3, -0.25) is 0 Å². The van der Waals surface area contributed by atoms with E-state index in [0.717, 1.165) is 12.6 Å². The second-order valence-electron chi connectivity index (χ2n) is 7.04. The minimum atomic E-state index is 0.741. The standard InChI is InChI=1S/C14H30N5/c1-14(2)19(5)10-8-18(4,9-11-19)7-6-17-13-16(3)12-15-17/h12-14H,6-11H2,1-5H3/q+3/p+1. The molecule has 5 heteroatoms. The van der Waals surface area contributed by atoms with Crippen molar-refractivity contribution in [2.75, 3.05) is 46.8 Å². The van der Waals surface area contributed by atoms with Gasteiger partial charge in [0, 0.05) is 0 Å². The molecule has 1 fully saturated rings. The van der Waals surface area contributed by atoms with E-state index in [2.05, 4.69) is 55.7 Å². The van der Waals surface area contributed by atoms with Crippen LogP contribution < -0.4 is 9.25 Å². The van der Waals surface area contributed by atoms with Crippen LogP contribution in [0.2, 0.25) is 0 Å². The van der Waals surface area contributed by atoms with Crippen molar-refractivity contribution in [3.63, 3.8) is 0 Å². The lowest BCUT2D eigenvalue weighted by atomic mass is 10.1. The molecule has 108 valence electrons. The summed E-state index contributed by atoms with van der Waals surface area (Å²) in [6.45, 7) is 12.2. The number of H-pyrrole nitrogens is 1. The average Bonchev–Trinajstić information content (AvgIpc) is 2.77. The average molecular weight is 269 g/mol. The predicted octanol–water partition coefficient (Wildman–Crippen LogP) is -0.558.